The molecule has 0 aliphatic rings. The molecule has 0 spiro atoms. The van der Waals surface area contributed by atoms with Gasteiger partial charge in [-0.05, 0) is 36.4 Å². The van der Waals surface area contributed by atoms with Gasteiger partial charge in [0.05, 0.1) is 24.2 Å². The van der Waals surface area contributed by atoms with Gasteiger partial charge in [0.2, 0.25) is 0 Å². The summed E-state index contributed by atoms with van der Waals surface area (Å²) in [5.74, 6) is 0.406. The van der Waals surface area contributed by atoms with Gasteiger partial charge in [-0.15, -0.1) is 0 Å². The molecule has 0 radical (unpaired) electrons. The quantitative estimate of drug-likeness (QED) is 0.442. The SMILES string of the molecule is COc1ccccc1-c1cc(C(=O)Nc2ccccc2-c2cn3ccccc3n2)[nH]n1. The van der Waals surface area contributed by atoms with Crippen molar-refractivity contribution in [1.82, 2.24) is 19.6 Å². The lowest BCUT2D eigenvalue weighted by atomic mass is 10.1. The van der Waals surface area contributed by atoms with Crippen molar-refractivity contribution in [3.63, 3.8) is 0 Å². The molecule has 0 aliphatic heterocycles. The van der Waals surface area contributed by atoms with Gasteiger partial charge in [0, 0.05) is 23.5 Å². The van der Waals surface area contributed by atoms with Crippen LogP contribution in [0.15, 0.2) is 85.2 Å². The average Bonchev–Trinajstić information content (AvgIpc) is 3.47. The summed E-state index contributed by atoms with van der Waals surface area (Å²) in [4.78, 5) is 17.6. The number of pyridine rings is 1. The van der Waals surface area contributed by atoms with E-state index in [1.54, 1.807) is 13.2 Å². The maximum absolute atomic E-state index is 12.9. The first-order valence-electron chi connectivity index (χ1n) is 9.76. The lowest BCUT2D eigenvalue weighted by Gasteiger charge is -2.08. The number of imidazole rings is 1. The molecule has 2 aromatic carbocycles. The Morgan fingerprint density at radius 2 is 1.74 bits per heavy atom. The summed E-state index contributed by atoms with van der Waals surface area (Å²) in [5, 5.41) is 10.1. The van der Waals surface area contributed by atoms with Gasteiger partial charge in [0.1, 0.15) is 17.1 Å². The Balaban J connectivity index is 1.44. The highest BCUT2D eigenvalue weighted by atomic mass is 16.5. The van der Waals surface area contributed by atoms with Crippen molar-refractivity contribution >= 4 is 17.2 Å². The summed E-state index contributed by atoms with van der Waals surface area (Å²) >= 11 is 0. The molecule has 0 saturated heterocycles. The molecule has 5 aromatic rings. The smallest absolute Gasteiger partial charge is 0.273 e. The number of hydrogen-bond acceptors (Lipinski definition) is 4. The molecule has 31 heavy (non-hydrogen) atoms. The second-order valence-corrected chi connectivity index (χ2v) is 6.96. The maximum atomic E-state index is 12.9. The number of para-hydroxylation sites is 2. The number of hydrogen-bond donors (Lipinski definition) is 2. The van der Waals surface area contributed by atoms with Gasteiger partial charge in [-0.1, -0.05) is 36.4 Å². The summed E-state index contributed by atoms with van der Waals surface area (Å²) in [6, 6.07) is 22.7. The molecule has 0 bridgehead atoms. The standard InChI is InChI=1S/C24H19N5O2/c1-31-22-11-5-3-9-17(22)19-14-20(28-27-19)24(30)26-18-10-4-2-8-16(18)21-15-29-13-7-6-12-23(29)25-21/h2-15H,1H3,(H,26,30)(H,27,28). The number of ether oxygens (including phenoxy) is 1. The molecule has 3 aromatic heterocycles. The van der Waals surface area contributed by atoms with E-state index in [1.165, 1.54) is 0 Å². The fourth-order valence-electron chi connectivity index (χ4n) is 3.50. The molecule has 7 heteroatoms. The third-order valence-corrected chi connectivity index (χ3v) is 5.02. The number of nitrogens with one attached hydrogen (secondary N) is 2. The molecule has 0 unspecified atom stereocenters. The largest absolute Gasteiger partial charge is 0.496 e. The molecule has 0 atom stereocenters. The molecule has 0 fully saturated rings. The lowest BCUT2D eigenvalue weighted by molar-refractivity contribution is 0.102. The molecule has 0 saturated carbocycles. The van der Waals surface area contributed by atoms with Gasteiger partial charge in [-0.3, -0.25) is 9.89 Å². The van der Waals surface area contributed by atoms with Gasteiger partial charge in [-0.2, -0.15) is 5.10 Å². The van der Waals surface area contributed by atoms with E-state index in [4.69, 9.17) is 4.74 Å². The van der Waals surface area contributed by atoms with E-state index in [-0.39, 0.29) is 5.91 Å². The number of rotatable bonds is 5. The minimum absolute atomic E-state index is 0.287. The third kappa shape index (κ3) is 3.53. The van der Waals surface area contributed by atoms with Crippen LogP contribution in [0.4, 0.5) is 5.69 Å². The molecule has 7 nitrogen and oxygen atoms in total. The normalized spacial score (nSPS) is 10.9. The molecule has 3 heterocycles. The van der Waals surface area contributed by atoms with E-state index in [0.29, 0.717) is 22.8 Å². The zero-order chi connectivity index (χ0) is 21.2. The Bertz CT molecular complexity index is 1350. The summed E-state index contributed by atoms with van der Waals surface area (Å²) in [7, 11) is 1.61. The monoisotopic (exact) mass is 409 g/mol. The molecule has 1 amide bonds. The van der Waals surface area contributed by atoms with Crippen molar-refractivity contribution in [2.75, 3.05) is 12.4 Å². The number of benzene rings is 2. The number of aromatic amines is 1. The number of amides is 1. The zero-order valence-corrected chi connectivity index (χ0v) is 16.7. The number of H-pyrrole nitrogens is 1. The van der Waals surface area contributed by atoms with Crippen LogP contribution in [-0.4, -0.2) is 32.6 Å². The van der Waals surface area contributed by atoms with Crippen LogP contribution in [0.5, 0.6) is 5.75 Å². The number of anilines is 1. The van der Waals surface area contributed by atoms with Crippen LogP contribution in [0.3, 0.4) is 0 Å². The van der Waals surface area contributed by atoms with Crippen LogP contribution >= 0.6 is 0 Å². The van der Waals surface area contributed by atoms with Gasteiger partial charge < -0.3 is 14.5 Å². The molecule has 152 valence electrons. The number of carbonyl (C=O) groups excluding carboxylic acids is 1. The highest BCUT2D eigenvalue weighted by Crippen LogP contribution is 2.30. The molecule has 0 aliphatic carbocycles. The Labute approximate surface area is 178 Å². The van der Waals surface area contributed by atoms with Gasteiger partial charge in [-0.25, -0.2) is 4.98 Å². The summed E-state index contributed by atoms with van der Waals surface area (Å²) in [6.45, 7) is 0. The first-order chi connectivity index (χ1) is 15.2. The number of fused-ring (bicyclic) bond motifs is 1. The second kappa shape index (κ2) is 7.79. The second-order valence-electron chi connectivity index (χ2n) is 6.96. The van der Waals surface area contributed by atoms with E-state index >= 15 is 0 Å². The van der Waals surface area contributed by atoms with E-state index in [0.717, 1.165) is 22.5 Å². The topological polar surface area (TPSA) is 84.3 Å². The van der Waals surface area contributed by atoms with Crippen molar-refractivity contribution in [3.8, 4) is 28.3 Å². The fraction of sp³-hybridized carbons (Fsp3) is 0.0417. The van der Waals surface area contributed by atoms with Crippen molar-refractivity contribution in [1.29, 1.82) is 0 Å². The molecular weight excluding hydrogens is 390 g/mol. The van der Waals surface area contributed by atoms with Crippen molar-refractivity contribution < 1.29 is 9.53 Å². The molecule has 2 N–H and O–H groups in total. The predicted octanol–water partition coefficient (Wildman–Crippen LogP) is 4.65. The van der Waals surface area contributed by atoms with Gasteiger partial charge in [0.15, 0.2) is 0 Å². The predicted molar refractivity (Wildman–Crippen MR) is 119 cm³/mol. The summed E-state index contributed by atoms with van der Waals surface area (Å²) < 4.78 is 7.34. The number of methoxy groups -OCH3 is 1. The summed E-state index contributed by atoms with van der Waals surface area (Å²) in [6.07, 6.45) is 3.88. The molecular formula is C24H19N5O2. The van der Waals surface area contributed by atoms with Crippen LogP contribution in [0.1, 0.15) is 10.5 Å². The fourth-order valence-corrected chi connectivity index (χ4v) is 3.50. The van der Waals surface area contributed by atoms with Crippen LogP contribution < -0.4 is 10.1 Å². The van der Waals surface area contributed by atoms with Crippen molar-refractivity contribution in [2.45, 2.75) is 0 Å². The number of carbonyl (C=O) groups is 1. The third-order valence-electron chi connectivity index (χ3n) is 5.02. The van der Waals surface area contributed by atoms with E-state index in [9.17, 15) is 4.79 Å². The lowest BCUT2D eigenvalue weighted by Crippen LogP contribution is -2.13. The van der Waals surface area contributed by atoms with Gasteiger partial charge >= 0.3 is 0 Å². The Kier molecular flexibility index (Phi) is 4.68. The number of nitrogens with zero attached hydrogens (tertiary/aromatic N) is 3. The van der Waals surface area contributed by atoms with Crippen LogP contribution in [-0.2, 0) is 0 Å². The van der Waals surface area contributed by atoms with Crippen LogP contribution in [0.2, 0.25) is 0 Å². The average molecular weight is 409 g/mol. The number of aromatic nitrogens is 4. The minimum atomic E-state index is -0.287. The minimum Gasteiger partial charge on any atom is -0.496 e. The highest BCUT2D eigenvalue weighted by Gasteiger charge is 2.16. The van der Waals surface area contributed by atoms with Gasteiger partial charge in [0.25, 0.3) is 5.91 Å². The first-order valence-corrected chi connectivity index (χ1v) is 9.76. The highest BCUT2D eigenvalue weighted by molar-refractivity contribution is 6.05. The zero-order valence-electron chi connectivity index (χ0n) is 16.7. The Morgan fingerprint density at radius 3 is 2.58 bits per heavy atom. The first kappa shape index (κ1) is 18.6. The Hall–Kier alpha value is -4.39. The summed E-state index contributed by atoms with van der Waals surface area (Å²) in [5.41, 5.74) is 4.93. The van der Waals surface area contributed by atoms with E-state index in [1.807, 2.05) is 83.5 Å². The van der Waals surface area contributed by atoms with E-state index < -0.39 is 0 Å². The van der Waals surface area contributed by atoms with Crippen molar-refractivity contribution in [3.05, 3.63) is 90.9 Å². The molecule has 5 rings (SSSR count). The van der Waals surface area contributed by atoms with E-state index in [2.05, 4.69) is 20.5 Å². The van der Waals surface area contributed by atoms with Crippen molar-refractivity contribution in [2.24, 2.45) is 0 Å². The van der Waals surface area contributed by atoms with Crippen LogP contribution in [0, 0.1) is 0 Å². The van der Waals surface area contributed by atoms with Crippen LogP contribution in [0.25, 0.3) is 28.2 Å². The maximum Gasteiger partial charge on any atom is 0.273 e. The Morgan fingerprint density at radius 1 is 0.968 bits per heavy atom.